The van der Waals surface area contributed by atoms with Crippen LogP contribution in [0.1, 0.15) is 88.1 Å². The number of phenolic OH excluding ortho intramolecular Hbond substituents is 1. The van der Waals surface area contributed by atoms with Gasteiger partial charge in [-0.05, 0) is 113 Å². The molecule has 0 saturated heterocycles. The zero-order valence-electron chi connectivity index (χ0n) is 30.4. The van der Waals surface area contributed by atoms with E-state index in [2.05, 4.69) is 141 Å². The van der Waals surface area contributed by atoms with E-state index in [4.69, 9.17) is 9.97 Å². The highest BCUT2D eigenvalue weighted by Gasteiger charge is 2.23. The molecule has 6 rings (SSSR count). The molecule has 4 aromatic carbocycles. The van der Waals surface area contributed by atoms with Crippen molar-refractivity contribution in [3.63, 3.8) is 0 Å². The van der Waals surface area contributed by atoms with Gasteiger partial charge in [0.05, 0.1) is 17.1 Å². The molecule has 1 N–H and O–H groups in total. The monoisotopic (exact) mass is 644 g/mol. The van der Waals surface area contributed by atoms with Crippen molar-refractivity contribution in [1.29, 1.82) is 0 Å². The summed E-state index contributed by atoms with van der Waals surface area (Å²) in [4.78, 5) is 10.00. The molecule has 3 nitrogen and oxygen atoms in total. The number of benzene rings is 4. The van der Waals surface area contributed by atoms with Crippen LogP contribution in [0.5, 0.6) is 5.75 Å². The fourth-order valence-corrected chi connectivity index (χ4v) is 6.76. The quantitative estimate of drug-likeness (QED) is 0.188. The number of phenols is 1. The van der Waals surface area contributed by atoms with Gasteiger partial charge in [-0.25, -0.2) is 4.98 Å². The minimum absolute atomic E-state index is 0.0677. The first-order valence-corrected chi connectivity index (χ1v) is 17.4. The highest BCUT2D eigenvalue weighted by atomic mass is 16.3. The minimum atomic E-state index is 0.0677. The van der Waals surface area contributed by atoms with Crippen molar-refractivity contribution in [3.05, 3.63) is 137 Å². The summed E-state index contributed by atoms with van der Waals surface area (Å²) in [5.74, 6) is 0.970. The SMILES string of the molecule is Cc1cc(C)cc(-c2cc(-c3cccc(-c4cc(-c5c(C(C)C)cc(C(C)(C)C)cc5C(C)C)ccn4)c3)nc(-c3ccccc3O)c2)c1. The van der Waals surface area contributed by atoms with Crippen molar-refractivity contribution in [2.24, 2.45) is 0 Å². The predicted molar refractivity (Wildman–Crippen MR) is 207 cm³/mol. The van der Waals surface area contributed by atoms with E-state index in [9.17, 15) is 5.11 Å². The van der Waals surface area contributed by atoms with Crippen molar-refractivity contribution in [2.75, 3.05) is 0 Å². The molecule has 0 radical (unpaired) electrons. The maximum Gasteiger partial charge on any atom is 0.124 e. The summed E-state index contributed by atoms with van der Waals surface area (Å²) in [6, 6.07) is 36.0. The average molecular weight is 645 g/mol. The standard InChI is InChI=1S/C46H48N2O/c1-28(2)39-26-37(46(7,8)9)27-40(29(3)4)45(39)34-17-18-47-41(23-34)32-13-12-14-33(22-32)42-24-36(35-20-30(5)19-31(6)21-35)25-43(48-42)38-15-10-11-16-44(38)49/h10-29,49H,1-9H3. The Balaban J connectivity index is 1.49. The number of rotatable bonds is 7. The van der Waals surface area contributed by atoms with Crippen LogP contribution >= 0.6 is 0 Å². The largest absolute Gasteiger partial charge is 0.507 e. The number of para-hydroxylation sites is 1. The smallest absolute Gasteiger partial charge is 0.124 e. The maximum atomic E-state index is 10.8. The van der Waals surface area contributed by atoms with Gasteiger partial charge < -0.3 is 5.11 Å². The van der Waals surface area contributed by atoms with Gasteiger partial charge in [0.15, 0.2) is 0 Å². The average Bonchev–Trinajstić information content (AvgIpc) is 3.07. The highest BCUT2D eigenvalue weighted by Crippen LogP contribution is 2.41. The van der Waals surface area contributed by atoms with Gasteiger partial charge in [0.1, 0.15) is 5.75 Å². The van der Waals surface area contributed by atoms with E-state index in [-0.39, 0.29) is 11.2 Å². The Hall–Kier alpha value is -5.02. The lowest BCUT2D eigenvalue weighted by Crippen LogP contribution is -2.14. The Morgan fingerprint density at radius 3 is 1.73 bits per heavy atom. The van der Waals surface area contributed by atoms with Gasteiger partial charge >= 0.3 is 0 Å². The molecule has 6 aromatic rings. The summed E-state index contributed by atoms with van der Waals surface area (Å²) in [6.07, 6.45) is 1.94. The number of hydrogen-bond donors (Lipinski definition) is 1. The molecule has 0 aliphatic rings. The zero-order chi connectivity index (χ0) is 35.0. The van der Waals surface area contributed by atoms with Gasteiger partial charge in [-0.3, -0.25) is 4.98 Å². The van der Waals surface area contributed by atoms with E-state index < -0.39 is 0 Å². The molecule has 3 heteroatoms. The predicted octanol–water partition coefficient (Wildman–Crippen LogP) is 12.7. The fourth-order valence-electron chi connectivity index (χ4n) is 6.76. The summed E-state index contributed by atoms with van der Waals surface area (Å²) in [5.41, 5.74) is 16.6. The first-order valence-electron chi connectivity index (χ1n) is 17.4. The molecule has 0 aliphatic heterocycles. The van der Waals surface area contributed by atoms with E-state index in [1.165, 1.54) is 38.9 Å². The van der Waals surface area contributed by atoms with E-state index in [1.54, 1.807) is 6.07 Å². The van der Waals surface area contributed by atoms with Crippen molar-refractivity contribution in [1.82, 2.24) is 9.97 Å². The number of aryl methyl sites for hydroxylation is 2. The van der Waals surface area contributed by atoms with Crippen molar-refractivity contribution in [2.45, 2.75) is 79.6 Å². The van der Waals surface area contributed by atoms with Crippen LogP contribution in [0.4, 0.5) is 0 Å². The second-order valence-corrected chi connectivity index (χ2v) is 15.1. The summed E-state index contributed by atoms with van der Waals surface area (Å²) >= 11 is 0. The van der Waals surface area contributed by atoms with E-state index in [1.807, 2.05) is 24.4 Å². The lowest BCUT2D eigenvalue weighted by atomic mass is 9.78. The lowest BCUT2D eigenvalue weighted by Gasteiger charge is -2.27. The maximum absolute atomic E-state index is 10.8. The Morgan fingerprint density at radius 1 is 0.551 bits per heavy atom. The third-order valence-electron chi connectivity index (χ3n) is 9.37. The Morgan fingerprint density at radius 2 is 1.12 bits per heavy atom. The van der Waals surface area contributed by atoms with Gasteiger partial charge in [0.25, 0.3) is 0 Å². The summed E-state index contributed by atoms with van der Waals surface area (Å²) in [5, 5.41) is 10.8. The lowest BCUT2D eigenvalue weighted by molar-refractivity contribution is 0.477. The third-order valence-corrected chi connectivity index (χ3v) is 9.37. The van der Waals surface area contributed by atoms with Crippen LogP contribution in [0.15, 0.2) is 109 Å². The van der Waals surface area contributed by atoms with Crippen molar-refractivity contribution < 1.29 is 5.11 Å². The number of nitrogens with zero attached hydrogens (tertiary/aromatic N) is 2. The van der Waals surface area contributed by atoms with Gasteiger partial charge in [-0.1, -0.05) is 120 Å². The molecule has 248 valence electrons. The Bertz CT molecular complexity index is 2100. The molecule has 2 aromatic heterocycles. The molecule has 0 fully saturated rings. The van der Waals surface area contributed by atoms with Crippen LogP contribution in [0.25, 0.3) is 56.0 Å². The Labute approximate surface area is 292 Å². The zero-order valence-corrected chi connectivity index (χ0v) is 30.4. The van der Waals surface area contributed by atoms with E-state index in [0.29, 0.717) is 17.4 Å². The second-order valence-electron chi connectivity index (χ2n) is 15.1. The summed E-state index contributed by atoms with van der Waals surface area (Å²) < 4.78 is 0. The topological polar surface area (TPSA) is 46.0 Å². The third kappa shape index (κ3) is 7.22. The number of aromatic hydroxyl groups is 1. The first-order chi connectivity index (χ1) is 23.3. The molecular weight excluding hydrogens is 597 g/mol. The molecule has 0 atom stereocenters. The number of aromatic nitrogens is 2. The molecule has 0 saturated carbocycles. The number of hydrogen-bond acceptors (Lipinski definition) is 3. The van der Waals surface area contributed by atoms with Gasteiger partial charge in [-0.15, -0.1) is 0 Å². The molecule has 0 amide bonds. The molecule has 0 bridgehead atoms. The van der Waals surface area contributed by atoms with Crippen molar-refractivity contribution in [3.8, 4) is 61.8 Å². The van der Waals surface area contributed by atoms with E-state index >= 15 is 0 Å². The summed E-state index contributed by atoms with van der Waals surface area (Å²) in [7, 11) is 0. The normalized spacial score (nSPS) is 11.8. The van der Waals surface area contributed by atoms with Crippen LogP contribution < -0.4 is 0 Å². The van der Waals surface area contributed by atoms with Crippen LogP contribution in [0, 0.1) is 13.8 Å². The highest BCUT2D eigenvalue weighted by molar-refractivity contribution is 5.81. The van der Waals surface area contributed by atoms with E-state index in [0.717, 1.165) is 39.3 Å². The van der Waals surface area contributed by atoms with Gasteiger partial charge in [0.2, 0.25) is 0 Å². The fraction of sp³-hybridized carbons (Fsp3) is 0.261. The molecule has 0 aliphatic carbocycles. The first kappa shape index (κ1) is 33.9. The molecule has 0 spiro atoms. The molecule has 0 unspecified atom stereocenters. The van der Waals surface area contributed by atoms with Crippen LogP contribution in [0.2, 0.25) is 0 Å². The molecule has 2 heterocycles. The van der Waals surface area contributed by atoms with Crippen LogP contribution in [-0.2, 0) is 5.41 Å². The van der Waals surface area contributed by atoms with Crippen LogP contribution in [-0.4, -0.2) is 15.1 Å². The molecule has 49 heavy (non-hydrogen) atoms. The second kappa shape index (κ2) is 13.5. The molecular formula is C46H48N2O. The van der Waals surface area contributed by atoms with Crippen molar-refractivity contribution >= 4 is 0 Å². The van der Waals surface area contributed by atoms with Gasteiger partial charge in [0, 0.05) is 22.9 Å². The van der Waals surface area contributed by atoms with Crippen LogP contribution in [0.3, 0.4) is 0 Å². The minimum Gasteiger partial charge on any atom is -0.507 e. The Kier molecular flexibility index (Phi) is 9.31. The summed E-state index contributed by atoms with van der Waals surface area (Å²) in [6.45, 7) is 20.3. The van der Waals surface area contributed by atoms with Gasteiger partial charge in [-0.2, -0.15) is 0 Å². The number of pyridine rings is 2.